The molecule has 0 saturated carbocycles. The second kappa shape index (κ2) is 6.78. The quantitative estimate of drug-likeness (QED) is 0.840. The topological polar surface area (TPSA) is 67.2 Å². The molecule has 0 radical (unpaired) electrons. The summed E-state index contributed by atoms with van der Waals surface area (Å²) in [7, 11) is 0. The summed E-state index contributed by atoms with van der Waals surface area (Å²) in [4.78, 5) is 30.3. The van der Waals surface area contributed by atoms with E-state index in [0.29, 0.717) is 30.5 Å². The number of hydrogen-bond acceptors (Lipinski definition) is 3. The summed E-state index contributed by atoms with van der Waals surface area (Å²) in [6, 6.07) is 6.08. The van der Waals surface area contributed by atoms with Crippen molar-refractivity contribution < 1.29 is 9.59 Å². The van der Waals surface area contributed by atoms with Crippen molar-refractivity contribution in [3.05, 3.63) is 60.1 Å². The molecule has 6 heteroatoms. The third kappa shape index (κ3) is 3.15. The Morgan fingerprint density at radius 3 is 2.89 bits per heavy atom. The van der Waals surface area contributed by atoms with E-state index in [4.69, 9.17) is 0 Å². The molecule has 2 aliphatic heterocycles. The van der Waals surface area contributed by atoms with Crippen molar-refractivity contribution in [1.29, 1.82) is 0 Å². The lowest BCUT2D eigenvalue weighted by Gasteiger charge is -2.16. The summed E-state index contributed by atoms with van der Waals surface area (Å²) >= 11 is 0. The number of fused-ring (bicyclic) bond motifs is 2. The maximum Gasteiger partial charge on any atom is 0.246 e. The molecule has 0 spiro atoms. The first-order valence-corrected chi connectivity index (χ1v) is 9.75. The number of hydrogen-bond donors (Lipinski definition) is 1. The number of amides is 2. The lowest BCUT2D eigenvalue weighted by atomic mass is 10.0. The summed E-state index contributed by atoms with van der Waals surface area (Å²) in [5.41, 5.74) is 3.25. The van der Waals surface area contributed by atoms with E-state index in [0.717, 1.165) is 30.6 Å². The van der Waals surface area contributed by atoms with Gasteiger partial charge in [0.15, 0.2) is 0 Å². The standard InChI is InChI=1S/C22H22N4O2/c27-20-5-4-16-9-15(12-23-22(16)24-20)3-6-21(28)26-13-17-10-19(11-18(17)14-26)25-7-1-2-8-25/h1-3,6-10,12,17-18H,4-5,11,13-14H2,(H,23,24,27)/b6-3+. The van der Waals surface area contributed by atoms with Crippen LogP contribution in [0.2, 0.25) is 0 Å². The number of nitrogens with one attached hydrogen (secondary N) is 1. The molecule has 28 heavy (non-hydrogen) atoms. The van der Waals surface area contributed by atoms with Crippen molar-refractivity contribution in [2.75, 3.05) is 18.4 Å². The highest BCUT2D eigenvalue weighted by Gasteiger charge is 2.37. The van der Waals surface area contributed by atoms with E-state index in [-0.39, 0.29) is 11.8 Å². The molecule has 0 aromatic carbocycles. The van der Waals surface area contributed by atoms with Crippen LogP contribution in [0.1, 0.15) is 24.0 Å². The number of carbonyl (C=O) groups is 2. The van der Waals surface area contributed by atoms with E-state index in [1.54, 1.807) is 12.3 Å². The first-order chi connectivity index (χ1) is 13.7. The van der Waals surface area contributed by atoms with Gasteiger partial charge in [0.1, 0.15) is 5.82 Å². The second-order valence-corrected chi connectivity index (χ2v) is 7.78. The molecule has 5 rings (SSSR count). The van der Waals surface area contributed by atoms with Gasteiger partial charge in [-0.2, -0.15) is 0 Å². The number of aromatic nitrogens is 2. The lowest BCUT2D eigenvalue weighted by Crippen LogP contribution is -2.27. The van der Waals surface area contributed by atoms with Crippen LogP contribution >= 0.6 is 0 Å². The number of nitrogens with zero attached hydrogens (tertiary/aromatic N) is 3. The predicted octanol–water partition coefficient (Wildman–Crippen LogP) is 2.80. The normalized spacial score (nSPS) is 23.5. The molecule has 4 heterocycles. The molecule has 3 aliphatic rings. The van der Waals surface area contributed by atoms with Crippen molar-refractivity contribution in [3.63, 3.8) is 0 Å². The van der Waals surface area contributed by atoms with Crippen LogP contribution < -0.4 is 5.32 Å². The van der Waals surface area contributed by atoms with Gasteiger partial charge in [-0.05, 0) is 54.2 Å². The fourth-order valence-electron chi connectivity index (χ4n) is 4.42. The molecule has 1 aliphatic carbocycles. The van der Waals surface area contributed by atoms with Gasteiger partial charge in [0.2, 0.25) is 11.8 Å². The van der Waals surface area contributed by atoms with Crippen molar-refractivity contribution in [1.82, 2.24) is 14.5 Å². The number of allylic oxidation sites excluding steroid dienone is 1. The van der Waals surface area contributed by atoms with E-state index in [2.05, 4.69) is 33.3 Å². The van der Waals surface area contributed by atoms with Crippen LogP contribution in [-0.2, 0) is 16.0 Å². The predicted molar refractivity (Wildman–Crippen MR) is 107 cm³/mol. The van der Waals surface area contributed by atoms with E-state index in [9.17, 15) is 9.59 Å². The van der Waals surface area contributed by atoms with E-state index in [1.807, 2.05) is 29.2 Å². The minimum atomic E-state index is 0.00651. The summed E-state index contributed by atoms with van der Waals surface area (Å²) in [5.74, 6) is 1.66. The highest BCUT2D eigenvalue weighted by molar-refractivity contribution is 5.94. The SMILES string of the molecule is O=C1CCc2cc(/C=C/C(=O)N3CC4C=C(n5cccc5)CC4C3)cnc2N1. The molecule has 2 amide bonds. The molecule has 1 fully saturated rings. The average molecular weight is 374 g/mol. The molecular formula is C22H22N4O2. The molecule has 1 saturated heterocycles. The average Bonchev–Trinajstić information content (AvgIpc) is 3.41. The molecule has 1 N–H and O–H groups in total. The third-order valence-electron chi connectivity index (χ3n) is 5.90. The highest BCUT2D eigenvalue weighted by atomic mass is 16.2. The Kier molecular flexibility index (Phi) is 4.11. The first-order valence-electron chi connectivity index (χ1n) is 9.75. The first kappa shape index (κ1) is 17.0. The number of aryl methyl sites for hydroxylation is 1. The smallest absolute Gasteiger partial charge is 0.246 e. The number of likely N-dealkylation sites (tertiary alicyclic amines) is 1. The minimum absolute atomic E-state index is 0.00651. The molecule has 142 valence electrons. The molecule has 2 unspecified atom stereocenters. The zero-order valence-corrected chi connectivity index (χ0v) is 15.5. The Hall–Kier alpha value is -3.15. The van der Waals surface area contributed by atoms with Crippen LogP contribution in [0.15, 0.2) is 48.9 Å². The Bertz CT molecular complexity index is 990. The second-order valence-electron chi connectivity index (χ2n) is 7.78. The fourth-order valence-corrected chi connectivity index (χ4v) is 4.42. The van der Waals surface area contributed by atoms with Gasteiger partial charge >= 0.3 is 0 Å². The third-order valence-corrected chi connectivity index (χ3v) is 5.90. The van der Waals surface area contributed by atoms with Gasteiger partial charge in [0.05, 0.1) is 0 Å². The Morgan fingerprint density at radius 1 is 1.21 bits per heavy atom. The number of pyridine rings is 1. The Labute approximate surface area is 163 Å². The molecule has 2 atom stereocenters. The monoisotopic (exact) mass is 374 g/mol. The van der Waals surface area contributed by atoms with Crippen molar-refractivity contribution in [2.45, 2.75) is 19.3 Å². The summed E-state index contributed by atoms with van der Waals surface area (Å²) in [5, 5.41) is 2.78. The molecule has 2 aromatic rings. The number of rotatable bonds is 3. The molecular weight excluding hydrogens is 352 g/mol. The van der Waals surface area contributed by atoms with Gasteiger partial charge in [-0.25, -0.2) is 4.98 Å². The largest absolute Gasteiger partial charge is 0.338 e. The van der Waals surface area contributed by atoms with Gasteiger partial charge in [-0.15, -0.1) is 0 Å². The van der Waals surface area contributed by atoms with Gasteiger partial charge in [-0.3, -0.25) is 9.59 Å². The fraction of sp³-hybridized carbons (Fsp3) is 0.318. The molecule has 0 bridgehead atoms. The van der Waals surface area contributed by atoms with Crippen LogP contribution in [0.25, 0.3) is 11.8 Å². The highest BCUT2D eigenvalue weighted by Crippen LogP contribution is 2.38. The van der Waals surface area contributed by atoms with Crippen molar-refractivity contribution >= 4 is 29.4 Å². The van der Waals surface area contributed by atoms with E-state index in [1.165, 1.54) is 5.70 Å². The minimum Gasteiger partial charge on any atom is -0.338 e. The van der Waals surface area contributed by atoms with E-state index < -0.39 is 0 Å². The van der Waals surface area contributed by atoms with Crippen molar-refractivity contribution in [2.24, 2.45) is 11.8 Å². The molecule has 2 aromatic heterocycles. The van der Waals surface area contributed by atoms with Crippen molar-refractivity contribution in [3.8, 4) is 0 Å². The van der Waals surface area contributed by atoms with Gasteiger partial charge in [0.25, 0.3) is 0 Å². The lowest BCUT2D eigenvalue weighted by molar-refractivity contribution is -0.125. The Morgan fingerprint density at radius 2 is 2.07 bits per heavy atom. The van der Waals surface area contributed by atoms with E-state index >= 15 is 0 Å². The number of anilines is 1. The Balaban J connectivity index is 1.23. The van der Waals surface area contributed by atoms with Gasteiger partial charge in [-0.1, -0.05) is 6.08 Å². The summed E-state index contributed by atoms with van der Waals surface area (Å²) in [6.07, 6.45) is 13.8. The maximum absolute atomic E-state index is 12.6. The summed E-state index contributed by atoms with van der Waals surface area (Å²) in [6.45, 7) is 1.59. The van der Waals surface area contributed by atoms with Crippen LogP contribution in [0.5, 0.6) is 0 Å². The van der Waals surface area contributed by atoms with Crippen LogP contribution in [0.4, 0.5) is 5.82 Å². The maximum atomic E-state index is 12.6. The number of carbonyl (C=O) groups excluding carboxylic acids is 2. The van der Waals surface area contributed by atoms with Crippen LogP contribution in [0, 0.1) is 11.8 Å². The summed E-state index contributed by atoms with van der Waals surface area (Å²) < 4.78 is 2.18. The zero-order valence-electron chi connectivity index (χ0n) is 15.5. The van der Waals surface area contributed by atoms with Gasteiger partial charge in [0, 0.05) is 55.8 Å². The van der Waals surface area contributed by atoms with Crippen LogP contribution in [-0.4, -0.2) is 39.4 Å². The van der Waals surface area contributed by atoms with Crippen LogP contribution in [0.3, 0.4) is 0 Å². The zero-order chi connectivity index (χ0) is 19.1. The van der Waals surface area contributed by atoms with Gasteiger partial charge < -0.3 is 14.8 Å². The molecule has 6 nitrogen and oxygen atoms in total.